The summed E-state index contributed by atoms with van der Waals surface area (Å²) in [5, 5.41) is 9.59. The van der Waals surface area contributed by atoms with Gasteiger partial charge >= 0.3 is 10.3 Å². The van der Waals surface area contributed by atoms with E-state index in [1.807, 2.05) is 0 Å². The Labute approximate surface area is 179 Å². The van der Waals surface area contributed by atoms with Gasteiger partial charge in [0.2, 0.25) is 0 Å². The van der Waals surface area contributed by atoms with Gasteiger partial charge in [0.05, 0.1) is 0 Å². The average molecular weight is 469 g/mol. The molecule has 0 radical (unpaired) electrons. The van der Waals surface area contributed by atoms with Gasteiger partial charge in [-0.05, 0) is 12.1 Å². The molecule has 1 fully saturated rings. The van der Waals surface area contributed by atoms with E-state index in [1.54, 1.807) is 12.1 Å². The lowest BCUT2D eigenvalue weighted by Gasteiger charge is -2.42. The summed E-state index contributed by atoms with van der Waals surface area (Å²) in [5.41, 5.74) is 5.21. The maximum atomic E-state index is 12.6. The number of pyridine rings is 1. The smallest absolute Gasteiger partial charge is 0.363 e. The Morgan fingerprint density at radius 3 is 2.68 bits per heavy atom. The molecule has 164 valence electrons. The first-order valence-corrected chi connectivity index (χ1v) is 10.6. The minimum absolute atomic E-state index is 0.0368. The molecule has 14 nitrogen and oxygen atoms in total. The number of thiazole rings is 1. The molecule has 2 aromatic heterocycles. The molecular weight excluding hydrogens is 454 g/mol. The van der Waals surface area contributed by atoms with E-state index in [-0.39, 0.29) is 26.7 Å². The molecule has 3 heterocycles. The van der Waals surface area contributed by atoms with Gasteiger partial charge in [-0.1, -0.05) is 11.2 Å². The molecule has 16 heteroatoms. The van der Waals surface area contributed by atoms with Crippen molar-refractivity contribution in [2.75, 3.05) is 18.2 Å². The van der Waals surface area contributed by atoms with Gasteiger partial charge in [0.1, 0.15) is 24.7 Å². The third-order valence-electron chi connectivity index (χ3n) is 3.93. The SMILES string of the molecule is CO/N=C(\C(=O)NC1C(=O)N(S(=O)(=O)O)C1C(=O)Nc1ccccn1)c1csc(N)n1. The summed E-state index contributed by atoms with van der Waals surface area (Å²) in [7, 11) is -3.91. The van der Waals surface area contributed by atoms with Crippen LogP contribution in [0.25, 0.3) is 0 Å². The standard InChI is InChI=1S/C15H15N7O7S2/c1-29-21-9(7-6-30-15(16)18-7)12(23)20-10-11(22(14(10)25)31(26,27)28)13(24)19-8-4-2-3-5-17-8/h2-6,10-11H,1H3,(H2,16,18)(H,20,23)(H,17,19,24)(H,26,27,28)/b21-9-. The highest BCUT2D eigenvalue weighted by Gasteiger charge is 2.58. The zero-order chi connectivity index (χ0) is 22.8. The van der Waals surface area contributed by atoms with Crippen LogP contribution in [-0.2, 0) is 29.5 Å². The molecule has 1 aliphatic rings. The fraction of sp³-hybridized carbons (Fsp3) is 0.200. The van der Waals surface area contributed by atoms with Crippen molar-refractivity contribution in [3.05, 3.63) is 35.5 Å². The van der Waals surface area contributed by atoms with Crippen molar-refractivity contribution >= 4 is 56.0 Å². The minimum Gasteiger partial charge on any atom is -0.398 e. The normalized spacial score (nSPS) is 18.8. The van der Waals surface area contributed by atoms with Crippen molar-refractivity contribution < 1.29 is 32.2 Å². The number of carbonyl (C=O) groups is 3. The van der Waals surface area contributed by atoms with E-state index < -0.39 is 40.1 Å². The molecule has 0 aliphatic carbocycles. The fourth-order valence-electron chi connectivity index (χ4n) is 2.66. The molecule has 0 saturated carbocycles. The Bertz CT molecular complexity index is 1150. The summed E-state index contributed by atoms with van der Waals surface area (Å²) in [6, 6.07) is 1.15. The lowest BCUT2D eigenvalue weighted by Crippen LogP contribution is -2.75. The van der Waals surface area contributed by atoms with Crippen LogP contribution in [0.2, 0.25) is 0 Å². The molecule has 2 atom stereocenters. The van der Waals surface area contributed by atoms with Crippen LogP contribution in [0.15, 0.2) is 34.9 Å². The minimum atomic E-state index is -5.08. The van der Waals surface area contributed by atoms with Crippen molar-refractivity contribution in [2.24, 2.45) is 5.16 Å². The molecule has 3 rings (SSSR count). The summed E-state index contributed by atoms with van der Waals surface area (Å²) in [5.74, 6) is -3.17. The Balaban J connectivity index is 1.85. The molecule has 0 bridgehead atoms. The summed E-state index contributed by atoms with van der Waals surface area (Å²) in [6.07, 6.45) is 1.37. The first-order valence-electron chi connectivity index (χ1n) is 8.29. The molecular formula is C15H15N7O7S2. The zero-order valence-corrected chi connectivity index (χ0v) is 17.3. The second-order valence-electron chi connectivity index (χ2n) is 5.91. The molecule has 2 unspecified atom stereocenters. The fourth-order valence-corrected chi connectivity index (χ4v) is 4.05. The molecule has 2 aromatic rings. The van der Waals surface area contributed by atoms with Crippen molar-refractivity contribution in [3.63, 3.8) is 0 Å². The number of nitrogens with two attached hydrogens (primary N) is 1. The monoisotopic (exact) mass is 469 g/mol. The first kappa shape index (κ1) is 22.1. The molecule has 31 heavy (non-hydrogen) atoms. The largest absolute Gasteiger partial charge is 0.398 e. The molecule has 0 aromatic carbocycles. The van der Waals surface area contributed by atoms with Gasteiger partial charge in [-0.15, -0.1) is 11.3 Å². The van der Waals surface area contributed by atoms with E-state index in [0.29, 0.717) is 0 Å². The Hall–Kier alpha value is -3.63. The van der Waals surface area contributed by atoms with Gasteiger partial charge in [0.25, 0.3) is 17.7 Å². The molecule has 0 spiro atoms. The van der Waals surface area contributed by atoms with Crippen LogP contribution in [0.3, 0.4) is 0 Å². The number of hydrogen-bond acceptors (Lipinski definition) is 11. The highest BCUT2D eigenvalue weighted by Crippen LogP contribution is 2.25. The van der Waals surface area contributed by atoms with Crippen molar-refractivity contribution in [2.45, 2.75) is 12.1 Å². The molecule has 3 amide bonds. The second kappa shape index (κ2) is 8.62. The number of oxime groups is 1. The zero-order valence-electron chi connectivity index (χ0n) is 15.6. The van der Waals surface area contributed by atoms with Gasteiger partial charge in [0.15, 0.2) is 16.9 Å². The highest BCUT2D eigenvalue weighted by molar-refractivity contribution is 7.84. The number of β-lactam (4-membered cyclic amide) rings is 1. The number of amides is 3. The number of nitrogens with one attached hydrogen (secondary N) is 2. The Morgan fingerprint density at radius 2 is 2.13 bits per heavy atom. The topological polar surface area (TPSA) is 206 Å². The number of rotatable bonds is 7. The lowest BCUT2D eigenvalue weighted by molar-refractivity contribution is -0.150. The van der Waals surface area contributed by atoms with E-state index in [9.17, 15) is 27.4 Å². The van der Waals surface area contributed by atoms with Crippen LogP contribution in [-0.4, -0.2) is 69.9 Å². The molecule has 5 N–H and O–H groups in total. The highest BCUT2D eigenvalue weighted by atomic mass is 32.2. The van der Waals surface area contributed by atoms with Gasteiger partial charge in [-0.2, -0.15) is 12.7 Å². The first-order chi connectivity index (χ1) is 14.6. The van der Waals surface area contributed by atoms with Crippen molar-refractivity contribution in [1.29, 1.82) is 0 Å². The number of hydrogen-bond donors (Lipinski definition) is 4. The van der Waals surface area contributed by atoms with Crippen molar-refractivity contribution in [1.82, 2.24) is 19.6 Å². The second-order valence-corrected chi connectivity index (χ2v) is 8.08. The van der Waals surface area contributed by atoms with Crippen LogP contribution >= 0.6 is 11.3 Å². The van der Waals surface area contributed by atoms with E-state index >= 15 is 0 Å². The summed E-state index contributed by atoms with van der Waals surface area (Å²) in [4.78, 5) is 49.9. The summed E-state index contributed by atoms with van der Waals surface area (Å²) in [6.45, 7) is 0. The van der Waals surface area contributed by atoms with Crippen LogP contribution in [0, 0.1) is 0 Å². The summed E-state index contributed by atoms with van der Waals surface area (Å²) >= 11 is 1.02. The van der Waals surface area contributed by atoms with Gasteiger partial charge < -0.3 is 21.2 Å². The molecule has 1 aliphatic heterocycles. The van der Waals surface area contributed by atoms with E-state index in [1.165, 1.54) is 24.8 Å². The lowest BCUT2D eigenvalue weighted by atomic mass is 9.97. The average Bonchev–Trinajstić information content (AvgIpc) is 3.13. The summed E-state index contributed by atoms with van der Waals surface area (Å²) < 4.78 is 32.4. The third kappa shape index (κ3) is 4.60. The van der Waals surface area contributed by atoms with Crippen LogP contribution in [0.4, 0.5) is 10.9 Å². The van der Waals surface area contributed by atoms with Crippen molar-refractivity contribution in [3.8, 4) is 0 Å². The van der Waals surface area contributed by atoms with Gasteiger partial charge in [0, 0.05) is 11.6 Å². The van der Waals surface area contributed by atoms with E-state index in [4.69, 9.17) is 5.73 Å². The van der Waals surface area contributed by atoms with Crippen LogP contribution in [0.5, 0.6) is 0 Å². The Kier molecular flexibility index (Phi) is 6.14. The third-order valence-corrected chi connectivity index (χ3v) is 5.51. The maximum absolute atomic E-state index is 12.6. The number of anilines is 2. The number of nitrogens with zero attached hydrogens (tertiary/aromatic N) is 4. The van der Waals surface area contributed by atoms with Crippen LogP contribution < -0.4 is 16.4 Å². The van der Waals surface area contributed by atoms with Gasteiger partial charge in [-0.3, -0.25) is 18.9 Å². The number of aromatic nitrogens is 2. The Morgan fingerprint density at radius 1 is 1.39 bits per heavy atom. The van der Waals surface area contributed by atoms with E-state index in [0.717, 1.165) is 11.3 Å². The number of carbonyl (C=O) groups excluding carboxylic acids is 3. The number of nitrogen functional groups attached to an aromatic ring is 1. The van der Waals surface area contributed by atoms with Crippen LogP contribution in [0.1, 0.15) is 5.69 Å². The van der Waals surface area contributed by atoms with Gasteiger partial charge in [-0.25, -0.2) is 9.97 Å². The quantitative estimate of drug-likeness (QED) is 0.161. The maximum Gasteiger partial charge on any atom is 0.363 e. The predicted octanol–water partition coefficient (Wildman–Crippen LogP) is -1.39. The predicted molar refractivity (Wildman–Crippen MR) is 107 cm³/mol. The van der Waals surface area contributed by atoms with E-state index in [2.05, 4.69) is 30.6 Å². The molecule has 1 saturated heterocycles.